The number of carbonyl (C=O) groups is 1. The number of allylic oxidation sites excluding steroid dienone is 4. The average molecular weight is 224 g/mol. The van der Waals surface area contributed by atoms with E-state index in [9.17, 15) is 4.79 Å². The van der Waals surface area contributed by atoms with E-state index in [1.807, 2.05) is 0 Å². The van der Waals surface area contributed by atoms with Gasteiger partial charge in [0.2, 0.25) is 0 Å². The monoisotopic (exact) mass is 224 g/mol. The molecule has 0 aliphatic heterocycles. The molecule has 3 atom stereocenters. The third-order valence-electron chi connectivity index (χ3n) is 3.99. The third-order valence-corrected chi connectivity index (χ3v) is 3.99. The van der Waals surface area contributed by atoms with Gasteiger partial charge in [0.1, 0.15) is 6.29 Å². The maximum Gasteiger partial charge on any atom is 0.120 e. The predicted molar refractivity (Wildman–Crippen MR) is 69.0 cm³/mol. The molecule has 0 saturated carbocycles. The van der Waals surface area contributed by atoms with Gasteiger partial charge in [0.05, 0.1) is 0 Å². The molecule has 0 bridgehead atoms. The van der Waals surface area contributed by atoms with Gasteiger partial charge in [-0.05, 0) is 29.4 Å². The van der Waals surface area contributed by atoms with Gasteiger partial charge in [-0.3, -0.25) is 0 Å². The maximum absolute atomic E-state index is 10.6. The topological polar surface area (TPSA) is 17.1 Å². The largest absolute Gasteiger partial charge is 0.303 e. The van der Waals surface area contributed by atoms with Crippen LogP contribution in [0.15, 0.2) is 48.6 Å². The van der Waals surface area contributed by atoms with Crippen molar-refractivity contribution in [1.29, 1.82) is 0 Å². The molecule has 0 amide bonds. The standard InChI is InChI=1S/C16H16O/c17-11-5-10-16-14-8-3-1-6-12(14)13-7-2-4-9-15(13)16/h1-4,6-9,11-12,14,16H,5,10H2. The smallest absolute Gasteiger partial charge is 0.120 e. The summed E-state index contributed by atoms with van der Waals surface area (Å²) < 4.78 is 0. The summed E-state index contributed by atoms with van der Waals surface area (Å²) in [7, 11) is 0. The Hall–Kier alpha value is -1.63. The average Bonchev–Trinajstić information content (AvgIpc) is 2.71. The Morgan fingerprint density at radius 2 is 1.82 bits per heavy atom. The summed E-state index contributed by atoms with van der Waals surface area (Å²) in [5.41, 5.74) is 2.90. The molecule has 0 saturated heterocycles. The first-order valence-corrected chi connectivity index (χ1v) is 6.29. The zero-order valence-corrected chi connectivity index (χ0v) is 9.75. The number of hydrogen-bond donors (Lipinski definition) is 0. The molecule has 2 aliphatic carbocycles. The summed E-state index contributed by atoms with van der Waals surface area (Å²) in [4.78, 5) is 10.6. The molecule has 0 radical (unpaired) electrons. The fraction of sp³-hybridized carbons (Fsp3) is 0.312. The summed E-state index contributed by atoms with van der Waals surface area (Å²) in [5, 5.41) is 0. The fourth-order valence-corrected chi connectivity index (χ4v) is 3.27. The van der Waals surface area contributed by atoms with Crippen LogP contribution in [0.5, 0.6) is 0 Å². The van der Waals surface area contributed by atoms with E-state index >= 15 is 0 Å². The third kappa shape index (κ3) is 1.66. The van der Waals surface area contributed by atoms with Gasteiger partial charge in [-0.2, -0.15) is 0 Å². The van der Waals surface area contributed by atoms with Crippen LogP contribution in [0.4, 0.5) is 0 Å². The first-order valence-electron chi connectivity index (χ1n) is 6.29. The molecule has 3 unspecified atom stereocenters. The Bertz CT molecular complexity index is 484. The highest BCUT2D eigenvalue weighted by Gasteiger charge is 2.37. The molecular formula is C16H16O. The van der Waals surface area contributed by atoms with E-state index in [0.717, 1.165) is 12.7 Å². The van der Waals surface area contributed by atoms with E-state index in [1.54, 1.807) is 0 Å². The van der Waals surface area contributed by atoms with Gasteiger partial charge in [-0.15, -0.1) is 0 Å². The minimum absolute atomic E-state index is 0.516. The summed E-state index contributed by atoms with van der Waals surface area (Å²) in [5.74, 6) is 1.59. The Balaban J connectivity index is 2.00. The zero-order chi connectivity index (χ0) is 11.7. The highest BCUT2D eigenvalue weighted by atomic mass is 16.1. The van der Waals surface area contributed by atoms with Gasteiger partial charge >= 0.3 is 0 Å². The van der Waals surface area contributed by atoms with Crippen molar-refractivity contribution in [2.24, 2.45) is 5.92 Å². The van der Waals surface area contributed by atoms with E-state index < -0.39 is 0 Å². The molecule has 2 aliphatic rings. The van der Waals surface area contributed by atoms with Crippen LogP contribution in [0, 0.1) is 5.92 Å². The first kappa shape index (κ1) is 10.5. The normalized spacial score (nSPS) is 28.8. The van der Waals surface area contributed by atoms with Gasteiger partial charge in [-0.1, -0.05) is 48.6 Å². The van der Waals surface area contributed by atoms with Crippen LogP contribution in [0.1, 0.15) is 35.8 Å². The van der Waals surface area contributed by atoms with Crippen LogP contribution in [-0.4, -0.2) is 6.29 Å². The van der Waals surface area contributed by atoms with Crippen molar-refractivity contribution in [2.45, 2.75) is 24.7 Å². The lowest BCUT2D eigenvalue weighted by atomic mass is 9.82. The Kier molecular flexibility index (Phi) is 2.68. The molecule has 86 valence electrons. The molecule has 3 rings (SSSR count). The molecule has 17 heavy (non-hydrogen) atoms. The lowest BCUT2D eigenvalue weighted by Gasteiger charge is -2.21. The number of benzene rings is 1. The van der Waals surface area contributed by atoms with Crippen molar-refractivity contribution in [3.8, 4) is 0 Å². The number of fused-ring (bicyclic) bond motifs is 3. The van der Waals surface area contributed by atoms with Gasteiger partial charge in [0, 0.05) is 12.3 Å². The molecule has 1 aromatic carbocycles. The Labute approximate surface area is 102 Å². The molecule has 0 fully saturated rings. The molecule has 1 nitrogen and oxygen atoms in total. The van der Waals surface area contributed by atoms with Crippen molar-refractivity contribution in [3.63, 3.8) is 0 Å². The minimum Gasteiger partial charge on any atom is -0.303 e. The van der Waals surface area contributed by atoms with Crippen LogP contribution in [0.25, 0.3) is 0 Å². The SMILES string of the molecule is O=CCCC1c2ccccc2C2C=CC=CC21. The van der Waals surface area contributed by atoms with Gasteiger partial charge in [-0.25, -0.2) is 0 Å². The van der Waals surface area contributed by atoms with E-state index in [2.05, 4.69) is 48.6 Å². The van der Waals surface area contributed by atoms with Crippen LogP contribution < -0.4 is 0 Å². The second-order valence-corrected chi connectivity index (χ2v) is 4.85. The molecule has 0 heterocycles. The molecule has 0 spiro atoms. The summed E-state index contributed by atoms with van der Waals surface area (Å²) in [6, 6.07) is 8.68. The van der Waals surface area contributed by atoms with Crippen molar-refractivity contribution in [1.82, 2.24) is 0 Å². The first-order chi connectivity index (χ1) is 8.42. The summed E-state index contributed by atoms with van der Waals surface area (Å²) in [6.45, 7) is 0. The zero-order valence-electron chi connectivity index (χ0n) is 9.75. The minimum atomic E-state index is 0.516. The number of rotatable bonds is 3. The van der Waals surface area contributed by atoms with Crippen molar-refractivity contribution in [2.75, 3.05) is 0 Å². The van der Waals surface area contributed by atoms with Crippen molar-refractivity contribution < 1.29 is 4.79 Å². The summed E-state index contributed by atoms with van der Waals surface area (Å²) in [6.07, 6.45) is 11.6. The maximum atomic E-state index is 10.6. The highest BCUT2D eigenvalue weighted by Crippen LogP contribution is 2.50. The summed E-state index contributed by atoms with van der Waals surface area (Å²) >= 11 is 0. The van der Waals surface area contributed by atoms with E-state index in [0.29, 0.717) is 24.2 Å². The van der Waals surface area contributed by atoms with Gasteiger partial charge in [0.25, 0.3) is 0 Å². The Morgan fingerprint density at radius 1 is 1.06 bits per heavy atom. The Morgan fingerprint density at radius 3 is 2.65 bits per heavy atom. The van der Waals surface area contributed by atoms with Crippen LogP contribution >= 0.6 is 0 Å². The number of carbonyl (C=O) groups excluding carboxylic acids is 1. The van der Waals surface area contributed by atoms with E-state index in [1.165, 1.54) is 11.1 Å². The van der Waals surface area contributed by atoms with Gasteiger partial charge < -0.3 is 4.79 Å². The second-order valence-electron chi connectivity index (χ2n) is 4.85. The molecule has 0 aromatic heterocycles. The number of hydrogen-bond acceptors (Lipinski definition) is 1. The van der Waals surface area contributed by atoms with Crippen LogP contribution in [0.2, 0.25) is 0 Å². The highest BCUT2D eigenvalue weighted by molar-refractivity contribution is 5.51. The van der Waals surface area contributed by atoms with E-state index in [-0.39, 0.29) is 0 Å². The lowest BCUT2D eigenvalue weighted by molar-refractivity contribution is -0.108. The van der Waals surface area contributed by atoms with Crippen molar-refractivity contribution >= 4 is 6.29 Å². The van der Waals surface area contributed by atoms with E-state index in [4.69, 9.17) is 0 Å². The molecule has 1 aromatic rings. The lowest BCUT2D eigenvalue weighted by Crippen LogP contribution is -2.10. The second kappa shape index (κ2) is 4.33. The quantitative estimate of drug-likeness (QED) is 0.717. The number of aldehydes is 1. The van der Waals surface area contributed by atoms with Crippen LogP contribution in [-0.2, 0) is 4.79 Å². The fourth-order valence-electron chi connectivity index (χ4n) is 3.27. The molecule has 0 N–H and O–H groups in total. The van der Waals surface area contributed by atoms with Crippen LogP contribution in [0.3, 0.4) is 0 Å². The molecular weight excluding hydrogens is 208 g/mol. The van der Waals surface area contributed by atoms with Gasteiger partial charge in [0.15, 0.2) is 0 Å². The predicted octanol–water partition coefficient (Wildman–Crippen LogP) is 3.59. The van der Waals surface area contributed by atoms with Crippen molar-refractivity contribution in [3.05, 3.63) is 59.7 Å². The molecule has 1 heteroatoms.